The van der Waals surface area contributed by atoms with Crippen LogP contribution in [-0.2, 0) is 10.8 Å². The minimum atomic E-state index is -0.336. The number of benzene rings is 10. The van der Waals surface area contributed by atoms with E-state index in [1.165, 1.54) is 99.1 Å². The number of nitro groups is 1. The Hall–Kier alpha value is -7.82. The molecule has 2 aliphatic rings. The van der Waals surface area contributed by atoms with Crippen molar-refractivity contribution in [2.24, 2.45) is 0 Å². The molecule has 12 rings (SSSR count). The fraction of sp³-hybridized carbons (Fsp3) is 0.100. The molecule has 0 fully saturated rings. The smallest absolute Gasteiger partial charge is 0.269 e. The van der Waals surface area contributed by atoms with Crippen LogP contribution in [0.4, 0.5) is 22.7 Å². The predicted molar refractivity (Wildman–Crippen MR) is 266 cm³/mol. The van der Waals surface area contributed by atoms with Crippen LogP contribution in [0.1, 0.15) is 49.9 Å². The number of fused-ring (bicyclic) bond motifs is 9. The molecule has 306 valence electrons. The Bertz CT molecular complexity index is 3540. The molecule has 4 nitrogen and oxygen atoms in total. The standard InChI is InChI=1S/C60H44N2O2/c1-59(2)53-23-12-11-17-44(53)46-32-29-41(35-55(46)59)61(39-25-27-40(28-26-39)62(63)64)42-30-33-47-45-31-24-38(34-54(45)60(3,4)56(47)36-42)57-49-18-7-9-20-51(49)58(52-21-10-8-19-50(52)57)48-22-13-15-37-14-5-6-16-43(37)48/h5-36H,1-4H3. The lowest BCUT2D eigenvalue weighted by Crippen LogP contribution is -2.18. The minimum Gasteiger partial charge on any atom is -0.310 e. The highest BCUT2D eigenvalue weighted by Gasteiger charge is 2.38. The Kier molecular flexibility index (Phi) is 8.20. The van der Waals surface area contributed by atoms with Crippen molar-refractivity contribution in [3.05, 3.63) is 226 Å². The van der Waals surface area contributed by atoms with E-state index in [9.17, 15) is 10.1 Å². The van der Waals surface area contributed by atoms with Crippen molar-refractivity contribution in [3.8, 4) is 44.5 Å². The molecule has 0 heterocycles. The van der Waals surface area contributed by atoms with Crippen molar-refractivity contribution >= 4 is 55.1 Å². The van der Waals surface area contributed by atoms with E-state index >= 15 is 0 Å². The van der Waals surface area contributed by atoms with Gasteiger partial charge in [0.1, 0.15) is 0 Å². The first kappa shape index (κ1) is 37.9. The van der Waals surface area contributed by atoms with Gasteiger partial charge in [0.15, 0.2) is 0 Å². The monoisotopic (exact) mass is 824 g/mol. The third-order valence-corrected chi connectivity index (χ3v) is 14.3. The van der Waals surface area contributed by atoms with E-state index in [0.717, 1.165) is 17.1 Å². The first-order valence-electron chi connectivity index (χ1n) is 22.1. The second-order valence-corrected chi connectivity index (χ2v) is 18.5. The van der Waals surface area contributed by atoms with E-state index < -0.39 is 0 Å². The molecule has 10 aromatic rings. The van der Waals surface area contributed by atoms with Gasteiger partial charge in [0.2, 0.25) is 0 Å². The highest BCUT2D eigenvalue weighted by Crippen LogP contribution is 2.55. The first-order valence-corrected chi connectivity index (χ1v) is 22.1. The Morgan fingerprint density at radius 3 is 1.44 bits per heavy atom. The third kappa shape index (κ3) is 5.48. The molecule has 0 radical (unpaired) electrons. The van der Waals surface area contributed by atoms with Gasteiger partial charge in [-0.25, -0.2) is 0 Å². The van der Waals surface area contributed by atoms with Crippen molar-refractivity contribution in [3.63, 3.8) is 0 Å². The van der Waals surface area contributed by atoms with Crippen LogP contribution in [-0.4, -0.2) is 4.92 Å². The molecule has 0 atom stereocenters. The summed E-state index contributed by atoms with van der Waals surface area (Å²) in [6.07, 6.45) is 0. The maximum absolute atomic E-state index is 11.8. The van der Waals surface area contributed by atoms with Crippen LogP contribution < -0.4 is 4.90 Å². The van der Waals surface area contributed by atoms with E-state index in [4.69, 9.17) is 0 Å². The van der Waals surface area contributed by atoms with Gasteiger partial charge in [-0.05, 0) is 142 Å². The van der Waals surface area contributed by atoms with Crippen LogP contribution in [0, 0.1) is 10.1 Å². The van der Waals surface area contributed by atoms with E-state index in [2.05, 4.69) is 202 Å². The molecule has 0 bridgehead atoms. The summed E-state index contributed by atoms with van der Waals surface area (Å²) in [6.45, 7) is 9.28. The molecule has 0 amide bonds. The predicted octanol–water partition coefficient (Wildman–Crippen LogP) is 16.5. The molecule has 0 aromatic heterocycles. The third-order valence-electron chi connectivity index (χ3n) is 14.3. The molecule has 0 N–H and O–H groups in total. The molecular formula is C60H44N2O2. The van der Waals surface area contributed by atoms with Gasteiger partial charge in [-0.3, -0.25) is 10.1 Å². The average Bonchev–Trinajstić information content (AvgIpc) is 3.69. The Morgan fingerprint density at radius 1 is 0.391 bits per heavy atom. The second kappa shape index (κ2) is 13.8. The molecule has 4 heteroatoms. The number of nitro benzene ring substituents is 1. The number of non-ortho nitro benzene ring substituents is 1. The van der Waals surface area contributed by atoms with Gasteiger partial charge in [-0.1, -0.05) is 167 Å². The number of nitrogens with zero attached hydrogens (tertiary/aromatic N) is 2. The average molecular weight is 825 g/mol. The minimum absolute atomic E-state index is 0.0688. The fourth-order valence-electron chi connectivity index (χ4n) is 11.2. The lowest BCUT2D eigenvalue weighted by molar-refractivity contribution is -0.384. The summed E-state index contributed by atoms with van der Waals surface area (Å²) in [6, 6.07) is 69.4. The van der Waals surface area contributed by atoms with Crippen LogP contribution in [0.25, 0.3) is 76.8 Å². The highest BCUT2D eigenvalue weighted by molar-refractivity contribution is 6.23. The van der Waals surface area contributed by atoms with Crippen LogP contribution in [0.5, 0.6) is 0 Å². The molecule has 0 saturated heterocycles. The quantitative estimate of drug-likeness (QED) is 0.0953. The van der Waals surface area contributed by atoms with Crippen molar-refractivity contribution in [2.75, 3.05) is 4.90 Å². The number of rotatable bonds is 6. The fourth-order valence-corrected chi connectivity index (χ4v) is 11.2. The molecule has 0 saturated carbocycles. The van der Waals surface area contributed by atoms with E-state index in [1.807, 2.05) is 12.1 Å². The van der Waals surface area contributed by atoms with Gasteiger partial charge in [-0.2, -0.15) is 0 Å². The number of hydrogen-bond acceptors (Lipinski definition) is 3. The summed E-state index contributed by atoms with van der Waals surface area (Å²) in [5, 5.41) is 19.2. The van der Waals surface area contributed by atoms with Crippen molar-refractivity contribution < 1.29 is 4.92 Å². The van der Waals surface area contributed by atoms with Crippen LogP contribution in [0.3, 0.4) is 0 Å². The molecule has 10 aromatic carbocycles. The second-order valence-electron chi connectivity index (χ2n) is 18.5. The van der Waals surface area contributed by atoms with Crippen LogP contribution in [0.15, 0.2) is 194 Å². The van der Waals surface area contributed by atoms with Gasteiger partial charge in [0, 0.05) is 40.0 Å². The first-order chi connectivity index (χ1) is 31.1. The van der Waals surface area contributed by atoms with Gasteiger partial charge in [0.05, 0.1) is 4.92 Å². The van der Waals surface area contributed by atoms with Gasteiger partial charge >= 0.3 is 0 Å². The topological polar surface area (TPSA) is 46.4 Å². The largest absolute Gasteiger partial charge is 0.310 e. The van der Waals surface area contributed by atoms with Gasteiger partial charge in [-0.15, -0.1) is 0 Å². The summed E-state index contributed by atoms with van der Waals surface area (Å²) >= 11 is 0. The summed E-state index contributed by atoms with van der Waals surface area (Å²) in [5.74, 6) is 0. The van der Waals surface area contributed by atoms with Crippen LogP contribution >= 0.6 is 0 Å². The van der Waals surface area contributed by atoms with E-state index in [0.29, 0.717) is 0 Å². The number of hydrogen-bond donors (Lipinski definition) is 0. The maximum atomic E-state index is 11.8. The van der Waals surface area contributed by atoms with Gasteiger partial charge in [0.25, 0.3) is 5.69 Å². The van der Waals surface area contributed by atoms with Crippen molar-refractivity contribution in [2.45, 2.75) is 38.5 Å². The summed E-state index contributed by atoms with van der Waals surface area (Å²) in [4.78, 5) is 13.7. The van der Waals surface area contributed by atoms with Crippen molar-refractivity contribution in [1.82, 2.24) is 0 Å². The van der Waals surface area contributed by atoms with Gasteiger partial charge < -0.3 is 4.90 Å². The normalized spacial score (nSPS) is 14.0. The van der Waals surface area contributed by atoms with E-state index in [1.54, 1.807) is 12.1 Å². The summed E-state index contributed by atoms with van der Waals surface area (Å²) in [5.41, 5.74) is 17.5. The van der Waals surface area contributed by atoms with Crippen molar-refractivity contribution in [1.29, 1.82) is 0 Å². The molecular weight excluding hydrogens is 781 g/mol. The molecule has 0 unspecified atom stereocenters. The maximum Gasteiger partial charge on any atom is 0.269 e. The lowest BCUT2D eigenvalue weighted by atomic mass is 9.80. The zero-order valence-electron chi connectivity index (χ0n) is 36.2. The zero-order valence-corrected chi connectivity index (χ0v) is 36.2. The molecule has 2 aliphatic carbocycles. The Labute approximate surface area is 372 Å². The summed E-state index contributed by atoms with van der Waals surface area (Å²) < 4.78 is 0. The Morgan fingerprint density at radius 2 is 0.828 bits per heavy atom. The van der Waals surface area contributed by atoms with E-state index in [-0.39, 0.29) is 21.4 Å². The highest BCUT2D eigenvalue weighted by atomic mass is 16.6. The zero-order chi connectivity index (χ0) is 43.5. The molecule has 64 heavy (non-hydrogen) atoms. The SMILES string of the molecule is CC1(C)c2ccccc2-c2ccc(N(c3ccc([N+](=O)[O-])cc3)c3ccc4c(c3)C(C)(C)c3cc(-c5c6ccccc6c(-c6cccc7ccccc67)c6ccccc56)ccc3-4)cc21. The number of anilines is 3. The summed E-state index contributed by atoms with van der Waals surface area (Å²) in [7, 11) is 0. The molecule has 0 aliphatic heterocycles. The lowest BCUT2D eigenvalue weighted by Gasteiger charge is -2.29. The Balaban J connectivity index is 1.00. The van der Waals surface area contributed by atoms with Crippen LogP contribution in [0.2, 0.25) is 0 Å². The molecule has 0 spiro atoms.